The summed E-state index contributed by atoms with van der Waals surface area (Å²) in [5.74, 6) is 0.259. The zero-order valence-electron chi connectivity index (χ0n) is 15.0. The van der Waals surface area contributed by atoms with Crippen molar-refractivity contribution < 1.29 is 20.1 Å². The van der Waals surface area contributed by atoms with E-state index < -0.39 is 23.2 Å². The van der Waals surface area contributed by atoms with Crippen LogP contribution in [0.2, 0.25) is 0 Å². The van der Waals surface area contributed by atoms with Crippen molar-refractivity contribution in [3.05, 3.63) is 34.9 Å². The van der Waals surface area contributed by atoms with Crippen LogP contribution >= 0.6 is 0 Å². The highest BCUT2D eigenvalue weighted by atomic mass is 16.5. The Morgan fingerprint density at radius 3 is 2.67 bits per heavy atom. The number of ether oxygens (including phenoxy) is 1. The van der Waals surface area contributed by atoms with Crippen LogP contribution < -0.4 is 4.74 Å². The Morgan fingerprint density at radius 2 is 2.00 bits per heavy atom. The average molecular weight is 332 g/mol. The number of phenolic OH excluding ortho intramolecular Hbond substituents is 1. The number of aliphatic hydroxyl groups is 2. The zero-order chi connectivity index (χ0) is 17.7. The number of aryl methyl sites for hydroxylation is 1. The van der Waals surface area contributed by atoms with Gasteiger partial charge in [0, 0.05) is 11.5 Å². The van der Waals surface area contributed by atoms with Gasteiger partial charge >= 0.3 is 0 Å². The number of rotatable bonds is 3. The third-order valence-electron chi connectivity index (χ3n) is 5.59. The molecule has 3 unspecified atom stereocenters. The number of unbranched alkanes of at least 4 members (excludes halogenated alkanes) is 1. The zero-order valence-corrected chi connectivity index (χ0v) is 15.0. The Hall–Kier alpha value is -1.52. The van der Waals surface area contributed by atoms with Crippen molar-refractivity contribution >= 4 is 0 Å². The Morgan fingerprint density at radius 1 is 1.29 bits per heavy atom. The summed E-state index contributed by atoms with van der Waals surface area (Å²) in [5.41, 5.74) is 0.191. The number of benzene rings is 1. The quantitative estimate of drug-likeness (QED) is 0.742. The first-order valence-electron chi connectivity index (χ1n) is 8.83. The first-order chi connectivity index (χ1) is 11.2. The van der Waals surface area contributed by atoms with E-state index >= 15 is 0 Å². The van der Waals surface area contributed by atoms with Crippen LogP contribution in [0.25, 0.3) is 0 Å². The lowest BCUT2D eigenvalue weighted by Gasteiger charge is -2.54. The van der Waals surface area contributed by atoms with Crippen LogP contribution in [0.1, 0.15) is 64.0 Å². The Bertz CT molecular complexity index is 676. The molecule has 0 fully saturated rings. The maximum atomic E-state index is 11.4. The highest BCUT2D eigenvalue weighted by Gasteiger charge is 2.61. The van der Waals surface area contributed by atoms with Gasteiger partial charge in [0.15, 0.2) is 0 Å². The molecule has 0 aromatic heterocycles. The summed E-state index contributed by atoms with van der Waals surface area (Å²) in [6.07, 6.45) is 4.45. The van der Waals surface area contributed by atoms with Gasteiger partial charge in [-0.1, -0.05) is 25.0 Å². The molecule has 0 amide bonds. The minimum atomic E-state index is -1.47. The van der Waals surface area contributed by atoms with Crippen molar-refractivity contribution in [3.63, 3.8) is 0 Å². The second-order valence-electron chi connectivity index (χ2n) is 7.78. The van der Waals surface area contributed by atoms with Crippen LogP contribution in [0.5, 0.6) is 11.5 Å². The molecule has 3 atom stereocenters. The molecule has 0 saturated heterocycles. The van der Waals surface area contributed by atoms with Crippen LogP contribution in [0.15, 0.2) is 23.8 Å². The van der Waals surface area contributed by atoms with Gasteiger partial charge in [0.2, 0.25) is 0 Å². The molecule has 2 aliphatic rings. The first kappa shape index (κ1) is 17.3. The van der Waals surface area contributed by atoms with Crippen molar-refractivity contribution in [2.75, 3.05) is 0 Å². The molecule has 0 saturated carbocycles. The van der Waals surface area contributed by atoms with Gasteiger partial charge in [0.1, 0.15) is 22.7 Å². The van der Waals surface area contributed by atoms with E-state index in [4.69, 9.17) is 4.74 Å². The van der Waals surface area contributed by atoms with Crippen molar-refractivity contribution in [1.82, 2.24) is 0 Å². The molecule has 3 rings (SSSR count). The lowest BCUT2D eigenvalue weighted by atomic mass is 9.62. The van der Waals surface area contributed by atoms with E-state index in [1.54, 1.807) is 19.9 Å². The van der Waals surface area contributed by atoms with Gasteiger partial charge in [-0.3, -0.25) is 0 Å². The van der Waals surface area contributed by atoms with Gasteiger partial charge in [-0.05, 0) is 57.7 Å². The predicted octanol–water partition coefficient (Wildman–Crippen LogP) is 3.43. The van der Waals surface area contributed by atoms with Gasteiger partial charge < -0.3 is 20.1 Å². The largest absolute Gasteiger partial charge is 0.507 e. The van der Waals surface area contributed by atoms with E-state index in [0.29, 0.717) is 17.7 Å². The molecule has 0 bridgehead atoms. The summed E-state index contributed by atoms with van der Waals surface area (Å²) in [5, 5.41) is 32.6. The maximum absolute atomic E-state index is 11.4. The molecular weight excluding hydrogens is 304 g/mol. The number of aliphatic hydroxyl groups excluding tert-OH is 1. The van der Waals surface area contributed by atoms with Crippen molar-refractivity contribution in [2.24, 2.45) is 0 Å². The van der Waals surface area contributed by atoms with Gasteiger partial charge in [0.05, 0.1) is 6.10 Å². The fourth-order valence-corrected chi connectivity index (χ4v) is 4.17. The Kier molecular flexibility index (Phi) is 4.17. The van der Waals surface area contributed by atoms with Crippen LogP contribution in [0.3, 0.4) is 0 Å². The molecule has 1 aliphatic carbocycles. The normalized spacial score (nSPS) is 30.8. The van der Waals surface area contributed by atoms with E-state index in [9.17, 15) is 15.3 Å². The van der Waals surface area contributed by atoms with E-state index in [-0.39, 0.29) is 5.75 Å². The molecule has 1 aliphatic heterocycles. The molecule has 3 N–H and O–H groups in total. The summed E-state index contributed by atoms with van der Waals surface area (Å²) in [6.45, 7) is 7.68. The second kappa shape index (κ2) is 5.78. The summed E-state index contributed by atoms with van der Waals surface area (Å²) in [4.78, 5) is 0. The minimum Gasteiger partial charge on any atom is -0.507 e. The van der Waals surface area contributed by atoms with Crippen molar-refractivity contribution in [1.29, 1.82) is 0 Å². The average Bonchev–Trinajstić information content (AvgIpc) is 2.47. The highest BCUT2D eigenvalue weighted by Crippen LogP contribution is 2.55. The van der Waals surface area contributed by atoms with E-state index in [2.05, 4.69) is 6.92 Å². The minimum absolute atomic E-state index is 0.135. The van der Waals surface area contributed by atoms with Crippen LogP contribution in [-0.2, 0) is 6.42 Å². The molecule has 24 heavy (non-hydrogen) atoms. The van der Waals surface area contributed by atoms with E-state index in [0.717, 1.165) is 30.4 Å². The van der Waals surface area contributed by atoms with Gasteiger partial charge in [-0.25, -0.2) is 0 Å². The van der Waals surface area contributed by atoms with E-state index in [1.807, 2.05) is 19.1 Å². The van der Waals surface area contributed by atoms with Crippen LogP contribution in [-0.4, -0.2) is 32.6 Å². The smallest absolute Gasteiger partial charge is 0.140 e. The lowest BCUT2D eigenvalue weighted by molar-refractivity contribution is -0.196. The number of hydrogen-bond donors (Lipinski definition) is 3. The van der Waals surface area contributed by atoms with Crippen LogP contribution in [0, 0.1) is 0 Å². The molecule has 0 spiro atoms. The van der Waals surface area contributed by atoms with Gasteiger partial charge in [0.25, 0.3) is 0 Å². The fourth-order valence-electron chi connectivity index (χ4n) is 4.17. The Balaban J connectivity index is 2.16. The van der Waals surface area contributed by atoms with Crippen molar-refractivity contribution in [2.45, 2.75) is 76.6 Å². The molecule has 4 heteroatoms. The molecule has 1 aromatic rings. The van der Waals surface area contributed by atoms with Crippen LogP contribution in [0.4, 0.5) is 0 Å². The SMILES string of the molecule is CCCCc1cc(O)c2c(c1)OC(C)(C)C1(O)C(O)CC(C)=CC21. The summed E-state index contributed by atoms with van der Waals surface area (Å²) in [7, 11) is 0. The number of hydrogen-bond acceptors (Lipinski definition) is 4. The van der Waals surface area contributed by atoms with Gasteiger partial charge in [-0.2, -0.15) is 0 Å². The molecule has 0 radical (unpaired) electrons. The molecule has 4 nitrogen and oxygen atoms in total. The summed E-state index contributed by atoms with van der Waals surface area (Å²) >= 11 is 0. The number of aromatic hydroxyl groups is 1. The standard InChI is InChI=1S/C20H28O4/c1-5-6-7-13-10-15(21)18-14-8-12(2)9-17(22)20(14,23)19(3,4)24-16(18)11-13/h8,10-11,14,17,21-23H,5-7,9H2,1-4H3. The number of fused-ring (bicyclic) bond motifs is 3. The maximum Gasteiger partial charge on any atom is 0.140 e. The third kappa shape index (κ3) is 2.44. The summed E-state index contributed by atoms with van der Waals surface area (Å²) in [6, 6.07) is 3.73. The molecular formula is C20H28O4. The molecule has 1 aromatic carbocycles. The topological polar surface area (TPSA) is 69.9 Å². The molecule has 1 heterocycles. The lowest BCUT2D eigenvalue weighted by Crippen LogP contribution is -2.66. The van der Waals surface area contributed by atoms with E-state index in [1.165, 1.54) is 0 Å². The summed E-state index contributed by atoms with van der Waals surface area (Å²) < 4.78 is 6.10. The molecule has 132 valence electrons. The fraction of sp³-hybridized carbons (Fsp3) is 0.600. The highest BCUT2D eigenvalue weighted by molar-refractivity contribution is 5.56. The first-order valence-corrected chi connectivity index (χ1v) is 8.83. The van der Waals surface area contributed by atoms with Crippen molar-refractivity contribution in [3.8, 4) is 11.5 Å². The second-order valence-corrected chi connectivity index (χ2v) is 7.78. The number of phenols is 1. The van der Waals surface area contributed by atoms with Gasteiger partial charge in [-0.15, -0.1) is 0 Å². The predicted molar refractivity (Wildman–Crippen MR) is 93.5 cm³/mol. The third-order valence-corrected chi connectivity index (χ3v) is 5.59. The monoisotopic (exact) mass is 332 g/mol. The Labute approximate surface area is 143 Å².